The summed E-state index contributed by atoms with van der Waals surface area (Å²) < 4.78 is 30.9. The van der Waals surface area contributed by atoms with Crippen molar-refractivity contribution in [3.8, 4) is 0 Å². The second-order valence-electron chi connectivity index (χ2n) is 3.85. The molecule has 0 spiro atoms. The van der Waals surface area contributed by atoms with Crippen LogP contribution in [0.2, 0.25) is 0 Å². The molecule has 7 nitrogen and oxygen atoms in total. The normalized spacial score (nSPS) is 11.3. The van der Waals surface area contributed by atoms with E-state index in [1.165, 1.54) is 19.1 Å². The summed E-state index contributed by atoms with van der Waals surface area (Å²) in [6.45, 7) is 0.155. The highest BCUT2D eigenvalue weighted by Gasteiger charge is 2.15. The molecule has 0 atom stereocenters. The Balaban J connectivity index is 4.28. The first-order chi connectivity index (χ1) is 8.28. The molecule has 0 rings (SSSR count). The number of nitrogens with zero attached hydrogens (tertiary/aromatic N) is 1. The fourth-order valence-electron chi connectivity index (χ4n) is 1.26. The van der Waals surface area contributed by atoms with E-state index in [0.717, 1.165) is 6.26 Å². The second kappa shape index (κ2) is 8.04. The molecular formula is C10H19NO6S. The molecule has 0 saturated heterocycles. The van der Waals surface area contributed by atoms with Crippen LogP contribution in [0.25, 0.3) is 0 Å². The summed E-state index contributed by atoms with van der Waals surface area (Å²) in [5, 5.41) is 0. The third-order valence-corrected chi connectivity index (χ3v) is 3.18. The number of ether oxygens (including phenoxy) is 2. The Kier molecular flexibility index (Phi) is 7.53. The molecule has 0 radical (unpaired) electrons. The van der Waals surface area contributed by atoms with Gasteiger partial charge in [-0.15, -0.1) is 0 Å². The summed E-state index contributed by atoms with van der Waals surface area (Å²) in [4.78, 5) is 23.7. The summed E-state index contributed by atoms with van der Waals surface area (Å²) in [5.41, 5.74) is 0. The van der Waals surface area contributed by atoms with Crippen LogP contribution in [0.15, 0.2) is 0 Å². The van der Waals surface area contributed by atoms with E-state index in [0.29, 0.717) is 13.0 Å². The van der Waals surface area contributed by atoms with Crippen molar-refractivity contribution in [2.75, 3.05) is 45.9 Å². The Bertz CT molecular complexity index is 360. The molecule has 8 heteroatoms. The van der Waals surface area contributed by atoms with Gasteiger partial charge in [0.15, 0.2) is 0 Å². The molecule has 106 valence electrons. The average molecular weight is 281 g/mol. The second-order valence-corrected chi connectivity index (χ2v) is 6.11. The molecule has 0 saturated carbocycles. The lowest BCUT2D eigenvalue weighted by atomic mass is 10.4. The van der Waals surface area contributed by atoms with Gasteiger partial charge < -0.3 is 9.47 Å². The largest absolute Gasteiger partial charge is 0.468 e. The highest BCUT2D eigenvalue weighted by atomic mass is 32.2. The van der Waals surface area contributed by atoms with Crippen molar-refractivity contribution in [2.45, 2.75) is 6.42 Å². The number of hydrogen-bond acceptors (Lipinski definition) is 7. The Hall–Kier alpha value is -1.15. The first-order valence-electron chi connectivity index (χ1n) is 5.32. The predicted molar refractivity (Wildman–Crippen MR) is 64.8 cm³/mol. The van der Waals surface area contributed by atoms with Crippen molar-refractivity contribution in [1.82, 2.24) is 4.90 Å². The van der Waals surface area contributed by atoms with E-state index < -0.39 is 21.8 Å². The summed E-state index contributed by atoms with van der Waals surface area (Å²) >= 11 is 0. The van der Waals surface area contributed by atoms with Crippen molar-refractivity contribution >= 4 is 21.8 Å². The maximum absolute atomic E-state index is 11.1. The van der Waals surface area contributed by atoms with Gasteiger partial charge in [-0.2, -0.15) is 0 Å². The summed E-state index contributed by atoms with van der Waals surface area (Å²) in [7, 11) is -0.556. The van der Waals surface area contributed by atoms with Crippen LogP contribution in [0.3, 0.4) is 0 Å². The van der Waals surface area contributed by atoms with E-state index in [-0.39, 0.29) is 18.8 Å². The molecule has 0 heterocycles. The van der Waals surface area contributed by atoms with Gasteiger partial charge in [-0.05, 0) is 6.42 Å². The van der Waals surface area contributed by atoms with E-state index in [9.17, 15) is 18.0 Å². The number of hydrogen-bond donors (Lipinski definition) is 0. The molecule has 0 fully saturated rings. The van der Waals surface area contributed by atoms with Crippen molar-refractivity contribution in [3.05, 3.63) is 0 Å². The molecule has 0 aliphatic rings. The Morgan fingerprint density at radius 1 is 1.06 bits per heavy atom. The summed E-state index contributed by atoms with van der Waals surface area (Å²) in [6, 6.07) is 0. The zero-order valence-corrected chi connectivity index (χ0v) is 11.7. The molecular weight excluding hydrogens is 262 g/mol. The maximum Gasteiger partial charge on any atom is 0.319 e. The van der Waals surface area contributed by atoms with Gasteiger partial charge in [-0.1, -0.05) is 0 Å². The zero-order chi connectivity index (χ0) is 14.2. The van der Waals surface area contributed by atoms with Gasteiger partial charge in [0.05, 0.1) is 33.1 Å². The van der Waals surface area contributed by atoms with Crippen molar-refractivity contribution in [1.29, 1.82) is 0 Å². The highest BCUT2D eigenvalue weighted by molar-refractivity contribution is 7.90. The number of rotatable bonds is 8. The minimum Gasteiger partial charge on any atom is -0.468 e. The standard InChI is InChI=1S/C10H19NO6S/c1-16-9(12)7-11(8-10(13)17-2)5-4-6-18(3,14)15/h4-8H2,1-3H3. The number of methoxy groups -OCH3 is 2. The Morgan fingerprint density at radius 2 is 1.50 bits per heavy atom. The van der Waals surface area contributed by atoms with E-state index in [1.807, 2.05) is 0 Å². The van der Waals surface area contributed by atoms with Crippen LogP contribution in [-0.2, 0) is 28.9 Å². The van der Waals surface area contributed by atoms with E-state index in [1.54, 1.807) is 0 Å². The molecule has 0 aromatic carbocycles. The molecule has 0 bridgehead atoms. The lowest BCUT2D eigenvalue weighted by molar-refractivity contribution is -0.145. The average Bonchev–Trinajstić information content (AvgIpc) is 2.26. The van der Waals surface area contributed by atoms with Crippen molar-refractivity contribution < 1.29 is 27.5 Å². The lowest BCUT2D eigenvalue weighted by Crippen LogP contribution is -2.36. The Labute approximate surface area is 107 Å². The molecule has 0 aliphatic heterocycles. The maximum atomic E-state index is 11.1. The van der Waals surface area contributed by atoms with Crippen LogP contribution in [0.4, 0.5) is 0 Å². The zero-order valence-electron chi connectivity index (χ0n) is 10.8. The van der Waals surface area contributed by atoms with E-state index >= 15 is 0 Å². The fourth-order valence-corrected chi connectivity index (χ4v) is 1.91. The molecule has 0 aliphatic carbocycles. The first kappa shape index (κ1) is 16.9. The van der Waals surface area contributed by atoms with Gasteiger partial charge in [-0.25, -0.2) is 8.42 Å². The molecule has 18 heavy (non-hydrogen) atoms. The number of carbonyl (C=O) groups excluding carboxylic acids is 2. The van der Waals surface area contributed by atoms with Crippen LogP contribution in [0.1, 0.15) is 6.42 Å². The Morgan fingerprint density at radius 3 is 1.83 bits per heavy atom. The minimum absolute atomic E-state index is 0.00580. The van der Waals surface area contributed by atoms with Crippen LogP contribution in [0.5, 0.6) is 0 Å². The third kappa shape index (κ3) is 8.94. The molecule has 0 N–H and O–H groups in total. The molecule has 0 aromatic heterocycles. The monoisotopic (exact) mass is 281 g/mol. The van der Waals surface area contributed by atoms with Gasteiger partial charge in [0.2, 0.25) is 0 Å². The van der Waals surface area contributed by atoms with Gasteiger partial charge in [-0.3, -0.25) is 14.5 Å². The number of esters is 2. The van der Waals surface area contributed by atoms with E-state index in [2.05, 4.69) is 9.47 Å². The lowest BCUT2D eigenvalue weighted by Gasteiger charge is -2.19. The van der Waals surface area contributed by atoms with Gasteiger partial charge >= 0.3 is 11.9 Å². The molecule has 0 unspecified atom stereocenters. The van der Waals surface area contributed by atoms with Gasteiger partial charge in [0, 0.05) is 12.8 Å². The van der Waals surface area contributed by atoms with E-state index in [4.69, 9.17) is 0 Å². The SMILES string of the molecule is COC(=O)CN(CCCS(C)(=O)=O)CC(=O)OC. The molecule has 0 amide bonds. The quantitative estimate of drug-likeness (QED) is 0.531. The van der Waals surface area contributed by atoms with Gasteiger partial charge in [0.25, 0.3) is 0 Å². The van der Waals surface area contributed by atoms with Gasteiger partial charge in [0.1, 0.15) is 9.84 Å². The molecule has 0 aromatic rings. The first-order valence-corrected chi connectivity index (χ1v) is 7.38. The predicted octanol–water partition coefficient (Wildman–Crippen LogP) is -0.931. The van der Waals surface area contributed by atoms with Crippen LogP contribution >= 0.6 is 0 Å². The minimum atomic E-state index is -3.05. The third-order valence-electron chi connectivity index (χ3n) is 2.15. The highest BCUT2D eigenvalue weighted by Crippen LogP contribution is 1.97. The number of sulfone groups is 1. The van der Waals surface area contributed by atoms with Crippen LogP contribution in [0, 0.1) is 0 Å². The fraction of sp³-hybridized carbons (Fsp3) is 0.800. The summed E-state index contributed by atoms with van der Waals surface area (Å²) in [5.74, 6) is -0.970. The van der Waals surface area contributed by atoms with Crippen molar-refractivity contribution in [3.63, 3.8) is 0 Å². The smallest absolute Gasteiger partial charge is 0.319 e. The summed E-state index contributed by atoms with van der Waals surface area (Å²) in [6.07, 6.45) is 1.48. The topological polar surface area (TPSA) is 90.0 Å². The van der Waals surface area contributed by atoms with Crippen LogP contribution < -0.4 is 0 Å². The van der Waals surface area contributed by atoms with Crippen molar-refractivity contribution in [2.24, 2.45) is 0 Å². The van der Waals surface area contributed by atoms with Crippen LogP contribution in [-0.4, -0.2) is 71.1 Å². The number of carbonyl (C=O) groups is 2.